The molecule has 2 aliphatic heterocycles. The maximum atomic E-state index is 13.9. The summed E-state index contributed by atoms with van der Waals surface area (Å²) in [5.74, 6) is -0.196. The molecule has 0 aliphatic carbocycles. The van der Waals surface area contributed by atoms with E-state index in [1.807, 2.05) is 70.2 Å². The van der Waals surface area contributed by atoms with E-state index in [-0.39, 0.29) is 56.1 Å². The summed E-state index contributed by atoms with van der Waals surface area (Å²) in [6.07, 6.45) is 8.36. The van der Waals surface area contributed by atoms with Gasteiger partial charge in [-0.2, -0.15) is 41.8 Å². The van der Waals surface area contributed by atoms with Crippen molar-refractivity contribution < 1.29 is 54.6 Å². The van der Waals surface area contributed by atoms with Crippen LogP contribution in [-0.2, 0) is 45.2 Å². The largest absolute Gasteiger partial charge is 0.494 e. The molecule has 546 valence electrons. The molecule has 0 saturated carbocycles. The van der Waals surface area contributed by atoms with Crippen molar-refractivity contribution in [2.24, 2.45) is 20.5 Å². The van der Waals surface area contributed by atoms with Crippen LogP contribution in [0.5, 0.6) is 11.5 Å². The second-order valence-corrected chi connectivity index (χ2v) is 29.5. The van der Waals surface area contributed by atoms with Gasteiger partial charge in [-0.1, -0.05) is 76.9 Å². The summed E-state index contributed by atoms with van der Waals surface area (Å²) in [5, 5.41) is 31.8. The Labute approximate surface area is 615 Å². The van der Waals surface area contributed by atoms with Gasteiger partial charge < -0.3 is 50.3 Å². The number of amides is 2. The maximum absolute atomic E-state index is 13.9. The molecule has 5 aromatic carbocycles. The number of carbonyl (C=O) groups is 4. The highest BCUT2D eigenvalue weighted by Crippen LogP contribution is 2.45. The van der Waals surface area contributed by atoms with Gasteiger partial charge in [0.15, 0.2) is 16.7 Å². The zero-order chi connectivity index (χ0) is 74.2. The highest BCUT2D eigenvalue weighted by Gasteiger charge is 2.27. The van der Waals surface area contributed by atoms with Gasteiger partial charge in [-0.25, -0.2) is 0 Å². The zero-order valence-corrected chi connectivity index (χ0v) is 62.5. The van der Waals surface area contributed by atoms with Gasteiger partial charge >= 0.3 is 0 Å². The fourth-order valence-corrected chi connectivity index (χ4v) is 15.0. The number of ketones is 2. The number of benzene rings is 5. The van der Waals surface area contributed by atoms with Gasteiger partial charge in [-0.3, -0.25) is 28.3 Å². The average Bonchev–Trinajstić information content (AvgIpc) is 1.61. The van der Waals surface area contributed by atoms with Crippen LogP contribution < -0.4 is 50.3 Å². The Bertz CT molecular complexity index is 4560. The minimum absolute atomic E-state index is 0.0342. The van der Waals surface area contributed by atoms with E-state index in [4.69, 9.17) is 54.9 Å². The smallest absolute Gasteiger partial charge is 0.294 e. The molecule has 6 N–H and O–H groups in total. The Hall–Kier alpha value is -10.1. The number of methoxy groups -OCH3 is 2. The number of Topliss-reactive ketones (excluding diaryl/α,β-unsaturated/α-hetero) is 2. The summed E-state index contributed by atoms with van der Waals surface area (Å²) >= 11 is 3.57. The lowest BCUT2D eigenvalue weighted by atomic mass is 10.1. The highest BCUT2D eigenvalue weighted by atomic mass is 32.2. The fraction of sp³-hybridized carbons (Fsp3) is 0.329. The van der Waals surface area contributed by atoms with Crippen LogP contribution in [0.2, 0.25) is 0 Å². The number of nitrogens with one attached hydrogen (secondary N) is 4. The van der Waals surface area contributed by atoms with E-state index >= 15 is 0 Å². The fourth-order valence-electron chi connectivity index (χ4n) is 11.5. The van der Waals surface area contributed by atoms with Crippen LogP contribution >= 0.6 is 34.4 Å². The third-order valence-corrected chi connectivity index (χ3v) is 21.1. The first-order valence-corrected chi connectivity index (χ1v) is 38.9. The van der Waals surface area contributed by atoms with Gasteiger partial charge in [0, 0.05) is 81.6 Å². The van der Waals surface area contributed by atoms with E-state index in [2.05, 4.69) is 40.9 Å². The molecule has 3 aromatic heterocycles. The number of thiazole rings is 2. The van der Waals surface area contributed by atoms with Crippen LogP contribution in [0.25, 0.3) is 12.2 Å². The van der Waals surface area contributed by atoms with E-state index in [0.717, 1.165) is 90.3 Å². The van der Waals surface area contributed by atoms with Gasteiger partial charge in [0.05, 0.1) is 67.7 Å². The van der Waals surface area contributed by atoms with Crippen LogP contribution in [0.1, 0.15) is 95.4 Å². The minimum atomic E-state index is -4.60. The summed E-state index contributed by atoms with van der Waals surface area (Å²) in [4.78, 5) is 87.6. The second-order valence-electron chi connectivity index (χ2n) is 23.7. The number of rotatable bonds is 31. The number of hydrogen-bond acceptors (Lipinski definition) is 28. The van der Waals surface area contributed by atoms with Crippen molar-refractivity contribution in [1.29, 1.82) is 0 Å². The Morgan fingerprint density at radius 3 is 1.34 bits per heavy atom. The lowest BCUT2D eigenvalue weighted by Gasteiger charge is -2.27. The quantitative estimate of drug-likeness (QED) is 0.00587. The van der Waals surface area contributed by atoms with Crippen molar-refractivity contribution in [2.75, 3.05) is 107 Å². The first-order valence-electron chi connectivity index (χ1n) is 33.4. The molecular formula is C70H79N17O12S5. The lowest BCUT2D eigenvalue weighted by Crippen LogP contribution is -2.30. The van der Waals surface area contributed by atoms with E-state index in [1.54, 1.807) is 26.4 Å². The number of ether oxygens (including phenoxy) is 2. The van der Waals surface area contributed by atoms with Crippen molar-refractivity contribution in [1.82, 2.24) is 24.9 Å². The topological polar surface area (TPSA) is 370 Å². The third kappa shape index (κ3) is 19.6. The standard InChI is InChI=1S/C70H79N17O12S5/c1-9-84(10-2)56-38-52(54(40-58(56)98-7)80-82-69-75-62(86-30-18-14-19-31-86)60(101-69)36-50(43(5)88)64(90)71-46-26-22-28-48(34-46)103(92,93)94)73-66-77-67(79-68(78-66)100-42-45-24-16-13-17-25-45)74-53-39-57(85(11-3)12-4)59(99-8)41-55(53)81-83-70-76-63(87-32-20-15-21-33-87)61(102-70)37-51(44(6)89)65(91)72-47-27-23-29-49(35-47)104(95,96)97/h13,16-17,22-29,34-41H,9-12,14-15,18-21,30-33,42H2,1-8H3,(H,71,90)(H,72,91)(H,92,93,94)(H,95,96,97)(H2,73,74,77,78,79). The Kier molecular flexibility index (Phi) is 25.7. The molecule has 0 spiro atoms. The number of anilines is 10. The highest BCUT2D eigenvalue weighted by molar-refractivity contribution is 7.98. The minimum Gasteiger partial charge on any atom is -0.494 e. The molecule has 0 bridgehead atoms. The van der Waals surface area contributed by atoms with Gasteiger partial charge in [0.25, 0.3) is 32.1 Å². The summed E-state index contributed by atoms with van der Waals surface area (Å²) < 4.78 is 79.3. The zero-order valence-electron chi connectivity index (χ0n) is 58.4. The molecule has 8 aromatic rings. The summed E-state index contributed by atoms with van der Waals surface area (Å²) in [6, 6.07) is 27.1. The van der Waals surface area contributed by atoms with Gasteiger partial charge in [-0.15, -0.1) is 20.5 Å². The average molecular weight is 1510 g/mol. The molecule has 5 heterocycles. The second kappa shape index (κ2) is 34.9. The maximum Gasteiger partial charge on any atom is 0.294 e. The van der Waals surface area contributed by atoms with Gasteiger partial charge in [0.2, 0.25) is 22.2 Å². The Morgan fingerprint density at radius 1 is 0.548 bits per heavy atom. The predicted molar refractivity (Wildman–Crippen MR) is 407 cm³/mol. The Morgan fingerprint density at radius 2 is 0.962 bits per heavy atom. The molecule has 2 aliphatic rings. The Balaban J connectivity index is 1.05. The molecule has 104 heavy (non-hydrogen) atoms. The summed E-state index contributed by atoms with van der Waals surface area (Å²) in [6.45, 7) is 15.6. The number of thioether (sulfide) groups is 1. The molecular weight excluding hydrogens is 1430 g/mol. The first-order chi connectivity index (χ1) is 49.9. The van der Waals surface area contributed by atoms with Crippen LogP contribution in [0, 0.1) is 0 Å². The molecule has 0 atom stereocenters. The van der Waals surface area contributed by atoms with E-state index in [1.165, 1.54) is 74.2 Å². The molecule has 2 saturated heterocycles. The number of piperidine rings is 2. The molecule has 34 heteroatoms. The molecule has 0 unspecified atom stereocenters. The lowest BCUT2D eigenvalue weighted by molar-refractivity contribution is -0.120. The van der Waals surface area contributed by atoms with Crippen molar-refractivity contribution in [2.45, 2.75) is 101 Å². The number of carbonyl (C=O) groups excluding carboxylic acids is 4. The normalized spacial score (nSPS) is 13.8. The van der Waals surface area contributed by atoms with Gasteiger partial charge in [0.1, 0.15) is 34.5 Å². The number of aromatic nitrogens is 5. The van der Waals surface area contributed by atoms with Crippen molar-refractivity contribution in [3.63, 3.8) is 0 Å². The summed E-state index contributed by atoms with van der Waals surface area (Å²) in [5.41, 5.74) is 3.39. The van der Waals surface area contributed by atoms with Crippen LogP contribution in [0.3, 0.4) is 0 Å². The van der Waals surface area contributed by atoms with Crippen molar-refractivity contribution in [3.05, 3.63) is 130 Å². The molecule has 2 fully saturated rings. The molecule has 2 amide bonds. The first kappa shape index (κ1) is 76.5. The molecule has 29 nitrogen and oxygen atoms in total. The molecule has 10 rings (SSSR count). The third-order valence-electron chi connectivity index (χ3n) is 16.7. The van der Waals surface area contributed by atoms with Gasteiger partial charge in [-0.05, 0) is 146 Å². The van der Waals surface area contributed by atoms with Crippen LogP contribution in [-0.4, -0.2) is 141 Å². The predicted octanol–water partition coefficient (Wildman–Crippen LogP) is 14.8. The van der Waals surface area contributed by atoms with E-state index in [9.17, 15) is 45.1 Å². The number of nitrogens with zero attached hydrogens (tertiary/aromatic N) is 13. The molecule has 0 radical (unpaired) electrons. The van der Waals surface area contributed by atoms with E-state index < -0.39 is 53.4 Å². The monoisotopic (exact) mass is 1510 g/mol. The van der Waals surface area contributed by atoms with Crippen molar-refractivity contribution >= 4 is 169 Å². The van der Waals surface area contributed by atoms with E-state index in [0.29, 0.717) is 108 Å². The van der Waals surface area contributed by atoms with Crippen molar-refractivity contribution in [3.8, 4) is 11.5 Å². The summed E-state index contributed by atoms with van der Waals surface area (Å²) in [7, 11) is -6.08. The number of hydrogen-bond donors (Lipinski definition) is 6. The van der Waals surface area contributed by atoms with Crippen LogP contribution in [0.15, 0.2) is 150 Å². The van der Waals surface area contributed by atoms with Crippen LogP contribution in [0.4, 0.5) is 79.3 Å². The number of azo groups is 2. The SMILES string of the molecule is CCN(CC)c1cc(Nc2nc(Nc3cc(N(CC)CC)c(OC)cc3N=Nc3nc(N4CCCCC4)c(C=C(C(C)=O)C(=O)Nc4cccc(S(=O)(=O)O)c4)s3)nc(SCc3ccccc3)n2)c(N=Nc2nc(N3CCCCC3)c(C=C(C(C)=O)C(=O)Nc3cccc(S(=O)(=O)O)c3)s2)cc1OC.